The van der Waals surface area contributed by atoms with E-state index in [0.717, 1.165) is 16.8 Å². The summed E-state index contributed by atoms with van der Waals surface area (Å²) in [6, 6.07) is 19.8. The molecule has 9 heteroatoms. The maximum atomic E-state index is 12.5. The Hall–Kier alpha value is -4.24. The number of rotatable bonds is 14. The van der Waals surface area contributed by atoms with Crippen LogP contribution in [0.25, 0.3) is 11.3 Å². The van der Waals surface area contributed by atoms with Gasteiger partial charge in [-0.25, -0.2) is 0 Å². The molecular weight excluding hydrogens is 522 g/mol. The highest BCUT2D eigenvalue weighted by molar-refractivity contribution is 5.94. The van der Waals surface area contributed by atoms with E-state index in [0.29, 0.717) is 37.4 Å². The molecule has 1 heterocycles. The van der Waals surface area contributed by atoms with Crippen LogP contribution in [-0.4, -0.2) is 60.8 Å². The molecule has 0 aliphatic carbocycles. The number of esters is 2. The SMILES string of the molecule is CCOC(=O)C(Cc1ccc(OCCNC(=O)c2ccc(-c3ccccn3)cc2)cc1)NCCC(=O)OC(C)(C)C. The minimum absolute atomic E-state index is 0.146. The lowest BCUT2D eigenvalue weighted by Gasteiger charge is -2.21. The maximum absolute atomic E-state index is 12.5. The fraction of sp³-hybridized carbons (Fsp3) is 0.375. The van der Waals surface area contributed by atoms with Gasteiger partial charge in [0.05, 0.1) is 25.3 Å². The molecule has 2 N–H and O–H groups in total. The zero-order valence-electron chi connectivity index (χ0n) is 24.1. The van der Waals surface area contributed by atoms with Gasteiger partial charge in [-0.15, -0.1) is 0 Å². The van der Waals surface area contributed by atoms with Gasteiger partial charge >= 0.3 is 11.9 Å². The van der Waals surface area contributed by atoms with Crippen LogP contribution in [0.4, 0.5) is 0 Å². The molecule has 0 bridgehead atoms. The Bertz CT molecular complexity index is 1260. The Morgan fingerprint density at radius 1 is 0.927 bits per heavy atom. The number of aromatic nitrogens is 1. The third-order valence-electron chi connectivity index (χ3n) is 5.84. The number of amides is 1. The van der Waals surface area contributed by atoms with Gasteiger partial charge in [-0.1, -0.05) is 30.3 Å². The molecule has 0 saturated carbocycles. The van der Waals surface area contributed by atoms with Gasteiger partial charge in [-0.3, -0.25) is 19.4 Å². The molecule has 0 spiro atoms. The van der Waals surface area contributed by atoms with E-state index in [4.69, 9.17) is 14.2 Å². The molecule has 9 nitrogen and oxygen atoms in total. The minimum atomic E-state index is -0.600. The van der Waals surface area contributed by atoms with E-state index in [1.165, 1.54) is 0 Å². The Morgan fingerprint density at radius 3 is 2.29 bits per heavy atom. The quantitative estimate of drug-likeness (QED) is 0.220. The summed E-state index contributed by atoms with van der Waals surface area (Å²) in [5.74, 6) is -0.239. The number of benzene rings is 2. The van der Waals surface area contributed by atoms with Crippen LogP contribution in [0.15, 0.2) is 72.9 Å². The zero-order valence-corrected chi connectivity index (χ0v) is 24.1. The largest absolute Gasteiger partial charge is 0.492 e. The average Bonchev–Trinajstić information content (AvgIpc) is 2.95. The van der Waals surface area contributed by atoms with Gasteiger partial charge in [0.1, 0.15) is 24.0 Å². The van der Waals surface area contributed by atoms with Crippen LogP contribution in [0.2, 0.25) is 0 Å². The van der Waals surface area contributed by atoms with Crippen LogP contribution in [-0.2, 0) is 25.5 Å². The fourth-order valence-corrected chi connectivity index (χ4v) is 3.94. The summed E-state index contributed by atoms with van der Waals surface area (Å²) >= 11 is 0. The van der Waals surface area contributed by atoms with Crippen molar-refractivity contribution in [2.45, 2.75) is 52.2 Å². The van der Waals surface area contributed by atoms with Gasteiger partial charge in [-0.05, 0) is 76.1 Å². The second-order valence-corrected chi connectivity index (χ2v) is 10.3. The standard InChI is InChI=1S/C32H39N3O6/c1-5-39-31(38)28(34-19-17-29(36)41-32(2,3)4)22-23-9-15-26(16-10-23)40-21-20-35-30(37)25-13-11-24(12-14-25)27-8-6-7-18-33-27/h6-16,18,28,34H,5,17,19-22H2,1-4H3,(H,35,37). The molecule has 3 rings (SSSR count). The smallest absolute Gasteiger partial charge is 0.323 e. The van der Waals surface area contributed by atoms with Crippen LogP contribution in [0.5, 0.6) is 5.75 Å². The Morgan fingerprint density at radius 2 is 1.66 bits per heavy atom. The third kappa shape index (κ3) is 11.0. The van der Waals surface area contributed by atoms with E-state index < -0.39 is 11.6 Å². The van der Waals surface area contributed by atoms with Gasteiger partial charge in [-0.2, -0.15) is 0 Å². The van der Waals surface area contributed by atoms with E-state index in [1.807, 2.05) is 75.4 Å². The molecule has 0 aliphatic heterocycles. The molecule has 1 aromatic heterocycles. The van der Waals surface area contributed by atoms with Gasteiger partial charge < -0.3 is 24.8 Å². The molecule has 1 unspecified atom stereocenters. The molecule has 3 aromatic rings. The van der Waals surface area contributed by atoms with E-state index in [2.05, 4.69) is 15.6 Å². The van der Waals surface area contributed by atoms with E-state index in [9.17, 15) is 14.4 Å². The number of carbonyl (C=O) groups excluding carboxylic acids is 3. The number of hydrogen-bond donors (Lipinski definition) is 2. The van der Waals surface area contributed by atoms with Gasteiger partial charge in [0.2, 0.25) is 0 Å². The predicted octanol–water partition coefficient (Wildman–Crippen LogP) is 4.35. The van der Waals surface area contributed by atoms with Crippen molar-refractivity contribution >= 4 is 17.8 Å². The number of nitrogens with zero attached hydrogens (tertiary/aromatic N) is 1. The Labute approximate surface area is 241 Å². The second kappa shape index (κ2) is 15.5. The summed E-state index contributed by atoms with van der Waals surface area (Å²) in [4.78, 5) is 41.3. The number of ether oxygens (including phenoxy) is 3. The van der Waals surface area contributed by atoms with Crippen molar-refractivity contribution in [2.24, 2.45) is 0 Å². The second-order valence-electron chi connectivity index (χ2n) is 10.3. The first-order chi connectivity index (χ1) is 19.6. The molecule has 218 valence electrons. The first-order valence-corrected chi connectivity index (χ1v) is 13.8. The lowest BCUT2D eigenvalue weighted by atomic mass is 10.1. The van der Waals surface area contributed by atoms with Gasteiger partial charge in [0, 0.05) is 23.9 Å². The molecule has 41 heavy (non-hydrogen) atoms. The van der Waals surface area contributed by atoms with Crippen LogP contribution in [0.1, 0.15) is 50.0 Å². The summed E-state index contributed by atoms with van der Waals surface area (Å²) in [6.07, 6.45) is 2.27. The van der Waals surface area contributed by atoms with E-state index in [-0.39, 0.29) is 30.9 Å². The highest BCUT2D eigenvalue weighted by atomic mass is 16.6. The van der Waals surface area contributed by atoms with Crippen LogP contribution >= 0.6 is 0 Å². The first-order valence-electron chi connectivity index (χ1n) is 13.8. The normalized spacial score (nSPS) is 11.8. The topological polar surface area (TPSA) is 116 Å². The lowest BCUT2D eigenvalue weighted by molar-refractivity contribution is -0.155. The summed E-state index contributed by atoms with van der Waals surface area (Å²) in [7, 11) is 0. The molecule has 2 aromatic carbocycles. The highest BCUT2D eigenvalue weighted by Gasteiger charge is 2.21. The van der Waals surface area contributed by atoms with Crippen molar-refractivity contribution in [3.63, 3.8) is 0 Å². The molecule has 0 radical (unpaired) electrons. The zero-order chi connectivity index (χ0) is 29.7. The summed E-state index contributed by atoms with van der Waals surface area (Å²) in [6.45, 7) is 8.39. The minimum Gasteiger partial charge on any atom is -0.492 e. The van der Waals surface area contributed by atoms with Gasteiger partial charge in [0.15, 0.2) is 0 Å². The predicted molar refractivity (Wildman–Crippen MR) is 157 cm³/mol. The third-order valence-corrected chi connectivity index (χ3v) is 5.84. The summed E-state index contributed by atoms with van der Waals surface area (Å²) in [5, 5.41) is 5.97. The molecule has 0 saturated heterocycles. The number of carbonyl (C=O) groups is 3. The lowest BCUT2D eigenvalue weighted by Crippen LogP contribution is -2.41. The van der Waals surface area contributed by atoms with Crippen LogP contribution in [0.3, 0.4) is 0 Å². The fourth-order valence-electron chi connectivity index (χ4n) is 3.94. The van der Waals surface area contributed by atoms with Crippen molar-refractivity contribution in [2.75, 3.05) is 26.3 Å². The highest BCUT2D eigenvalue weighted by Crippen LogP contribution is 2.17. The average molecular weight is 562 g/mol. The van der Waals surface area contributed by atoms with Gasteiger partial charge in [0.25, 0.3) is 5.91 Å². The number of pyridine rings is 1. The molecule has 0 fully saturated rings. The maximum Gasteiger partial charge on any atom is 0.323 e. The molecular formula is C32H39N3O6. The Kier molecular flexibility index (Phi) is 11.8. The van der Waals surface area contributed by atoms with E-state index >= 15 is 0 Å². The summed E-state index contributed by atoms with van der Waals surface area (Å²) in [5.41, 5.74) is 2.71. The molecule has 1 amide bonds. The first kappa shape index (κ1) is 31.3. The molecule has 0 aliphatic rings. The van der Waals surface area contributed by atoms with Crippen molar-refractivity contribution in [1.82, 2.24) is 15.6 Å². The Balaban J connectivity index is 1.43. The van der Waals surface area contributed by atoms with E-state index in [1.54, 1.807) is 25.3 Å². The molecule has 1 atom stereocenters. The number of nitrogens with one attached hydrogen (secondary N) is 2. The van der Waals surface area contributed by atoms with Crippen molar-refractivity contribution in [1.29, 1.82) is 0 Å². The van der Waals surface area contributed by atoms with Crippen LogP contribution in [0, 0.1) is 0 Å². The van der Waals surface area contributed by atoms with Crippen LogP contribution < -0.4 is 15.4 Å². The monoisotopic (exact) mass is 561 g/mol. The van der Waals surface area contributed by atoms with Crippen molar-refractivity contribution in [3.8, 4) is 17.0 Å². The van der Waals surface area contributed by atoms with Crippen molar-refractivity contribution < 1.29 is 28.6 Å². The van der Waals surface area contributed by atoms with Crippen molar-refractivity contribution in [3.05, 3.63) is 84.1 Å². The number of hydrogen-bond acceptors (Lipinski definition) is 8. The summed E-state index contributed by atoms with van der Waals surface area (Å²) < 4.78 is 16.3.